The maximum Gasteiger partial charge on any atom is 0.309 e. The molecule has 0 heterocycles. The van der Waals surface area contributed by atoms with Gasteiger partial charge in [-0.3, -0.25) is 4.79 Å². The van der Waals surface area contributed by atoms with Gasteiger partial charge in [-0.25, -0.2) is 0 Å². The summed E-state index contributed by atoms with van der Waals surface area (Å²) < 4.78 is 0. The quantitative estimate of drug-likeness (QED) is 0.455. The summed E-state index contributed by atoms with van der Waals surface area (Å²) in [6.45, 7) is 0. The number of carbonyl (C=O) groups excluding carboxylic acids is 1. The van der Waals surface area contributed by atoms with Crippen LogP contribution in [0.3, 0.4) is 0 Å². The van der Waals surface area contributed by atoms with E-state index in [1.54, 1.807) is 6.41 Å². The largest absolute Gasteiger partial charge is 0.345 e. The first kappa shape index (κ1) is 7.58. The summed E-state index contributed by atoms with van der Waals surface area (Å²) in [5, 5.41) is 2.72. The summed E-state index contributed by atoms with van der Waals surface area (Å²) in [4.78, 5) is 9.95. The fourth-order valence-electron chi connectivity index (χ4n) is 1.51. The molecular formula is C8H14NO. The molecule has 57 valence electrons. The fourth-order valence-corrected chi connectivity index (χ4v) is 1.51. The smallest absolute Gasteiger partial charge is 0.309 e. The summed E-state index contributed by atoms with van der Waals surface area (Å²) in [6, 6.07) is 0.417. The monoisotopic (exact) mass is 140 g/mol. The Balaban J connectivity index is 2.21. The Hall–Kier alpha value is -0.530. The van der Waals surface area contributed by atoms with Crippen molar-refractivity contribution < 1.29 is 4.79 Å². The van der Waals surface area contributed by atoms with E-state index >= 15 is 0 Å². The van der Waals surface area contributed by atoms with Crippen LogP contribution in [0.2, 0.25) is 0 Å². The van der Waals surface area contributed by atoms with Crippen LogP contribution in [0.25, 0.3) is 0 Å². The van der Waals surface area contributed by atoms with E-state index in [2.05, 4.69) is 5.32 Å². The summed E-state index contributed by atoms with van der Waals surface area (Å²) in [6.07, 6.45) is 9.25. The van der Waals surface area contributed by atoms with Crippen molar-refractivity contribution in [1.82, 2.24) is 5.32 Å². The SMILES string of the molecule is O=[C]NC1CCCCCC1. The summed E-state index contributed by atoms with van der Waals surface area (Å²) >= 11 is 0. The van der Waals surface area contributed by atoms with Gasteiger partial charge < -0.3 is 5.32 Å². The van der Waals surface area contributed by atoms with Gasteiger partial charge in [0.15, 0.2) is 0 Å². The molecule has 0 aromatic carbocycles. The molecule has 1 saturated carbocycles. The van der Waals surface area contributed by atoms with E-state index in [0.717, 1.165) is 12.8 Å². The molecule has 1 amide bonds. The lowest BCUT2D eigenvalue weighted by atomic mass is 10.1. The van der Waals surface area contributed by atoms with Crippen molar-refractivity contribution in [2.45, 2.75) is 44.6 Å². The highest BCUT2D eigenvalue weighted by Crippen LogP contribution is 2.16. The predicted molar refractivity (Wildman–Crippen MR) is 40.3 cm³/mol. The fraction of sp³-hybridized carbons (Fsp3) is 0.875. The summed E-state index contributed by atoms with van der Waals surface area (Å²) in [5.74, 6) is 0. The first-order valence-corrected chi connectivity index (χ1v) is 4.06. The molecule has 0 spiro atoms. The van der Waals surface area contributed by atoms with E-state index in [1.165, 1.54) is 25.7 Å². The van der Waals surface area contributed by atoms with Crippen molar-refractivity contribution in [1.29, 1.82) is 0 Å². The van der Waals surface area contributed by atoms with Gasteiger partial charge in [-0.1, -0.05) is 25.7 Å². The third-order valence-electron chi connectivity index (χ3n) is 2.12. The molecular weight excluding hydrogens is 126 g/mol. The van der Waals surface area contributed by atoms with E-state index in [-0.39, 0.29) is 0 Å². The zero-order valence-corrected chi connectivity index (χ0v) is 6.23. The lowest BCUT2D eigenvalue weighted by Crippen LogP contribution is -2.26. The number of hydrogen-bond acceptors (Lipinski definition) is 1. The molecule has 1 radical (unpaired) electrons. The van der Waals surface area contributed by atoms with Gasteiger partial charge in [-0.2, -0.15) is 0 Å². The van der Waals surface area contributed by atoms with Crippen molar-refractivity contribution in [3.63, 3.8) is 0 Å². The zero-order chi connectivity index (χ0) is 7.23. The average Bonchev–Trinajstić information content (AvgIpc) is 2.17. The van der Waals surface area contributed by atoms with Gasteiger partial charge >= 0.3 is 6.41 Å². The topological polar surface area (TPSA) is 29.1 Å². The number of rotatable bonds is 2. The lowest BCUT2D eigenvalue weighted by Gasteiger charge is -2.10. The van der Waals surface area contributed by atoms with Crippen molar-refractivity contribution >= 4 is 6.41 Å². The third-order valence-corrected chi connectivity index (χ3v) is 2.12. The van der Waals surface area contributed by atoms with Crippen LogP contribution >= 0.6 is 0 Å². The van der Waals surface area contributed by atoms with Gasteiger partial charge in [0.25, 0.3) is 0 Å². The minimum absolute atomic E-state index is 0.417. The maximum absolute atomic E-state index is 9.95. The Morgan fingerprint density at radius 2 is 1.70 bits per heavy atom. The van der Waals surface area contributed by atoms with Gasteiger partial charge in [0.2, 0.25) is 0 Å². The Bertz CT molecular complexity index is 95.4. The van der Waals surface area contributed by atoms with Crippen LogP contribution in [0, 0.1) is 0 Å². The van der Waals surface area contributed by atoms with Crippen LogP contribution in [0.4, 0.5) is 0 Å². The minimum atomic E-state index is 0.417. The van der Waals surface area contributed by atoms with E-state index in [4.69, 9.17) is 0 Å². The van der Waals surface area contributed by atoms with Crippen LogP contribution in [-0.2, 0) is 4.79 Å². The van der Waals surface area contributed by atoms with Crippen LogP contribution in [-0.4, -0.2) is 12.5 Å². The first-order valence-electron chi connectivity index (χ1n) is 4.06. The predicted octanol–water partition coefficient (Wildman–Crippen LogP) is 1.37. The molecule has 0 saturated heterocycles. The van der Waals surface area contributed by atoms with Gasteiger partial charge in [-0.15, -0.1) is 0 Å². The Labute approximate surface area is 62.0 Å². The molecule has 0 aromatic heterocycles. The number of hydrogen-bond donors (Lipinski definition) is 1. The lowest BCUT2D eigenvalue weighted by molar-refractivity contribution is 0.487. The molecule has 1 aliphatic carbocycles. The molecule has 1 aliphatic rings. The number of amides is 1. The third kappa shape index (κ3) is 2.38. The van der Waals surface area contributed by atoms with Gasteiger partial charge in [0, 0.05) is 6.04 Å². The van der Waals surface area contributed by atoms with Gasteiger partial charge in [-0.05, 0) is 12.8 Å². The van der Waals surface area contributed by atoms with Gasteiger partial charge in [0.1, 0.15) is 0 Å². The minimum Gasteiger partial charge on any atom is -0.345 e. The zero-order valence-electron chi connectivity index (χ0n) is 6.23. The van der Waals surface area contributed by atoms with E-state index in [0.29, 0.717) is 6.04 Å². The van der Waals surface area contributed by atoms with Crippen LogP contribution in [0.5, 0.6) is 0 Å². The van der Waals surface area contributed by atoms with Crippen molar-refractivity contribution in [2.75, 3.05) is 0 Å². The normalized spacial score (nSPS) is 21.6. The molecule has 1 N–H and O–H groups in total. The second-order valence-corrected chi connectivity index (χ2v) is 2.93. The van der Waals surface area contributed by atoms with Crippen LogP contribution in [0.1, 0.15) is 38.5 Å². The van der Waals surface area contributed by atoms with Crippen LogP contribution < -0.4 is 5.32 Å². The van der Waals surface area contributed by atoms with Crippen molar-refractivity contribution in [3.8, 4) is 0 Å². The summed E-state index contributed by atoms with van der Waals surface area (Å²) in [7, 11) is 0. The molecule has 0 bridgehead atoms. The molecule has 0 atom stereocenters. The molecule has 0 aliphatic heterocycles. The number of nitrogens with one attached hydrogen (secondary N) is 1. The molecule has 0 aromatic rings. The second kappa shape index (κ2) is 4.31. The van der Waals surface area contributed by atoms with Crippen molar-refractivity contribution in [2.24, 2.45) is 0 Å². The molecule has 10 heavy (non-hydrogen) atoms. The maximum atomic E-state index is 9.95. The molecule has 2 heteroatoms. The average molecular weight is 140 g/mol. The molecule has 1 rings (SSSR count). The van der Waals surface area contributed by atoms with Gasteiger partial charge in [0.05, 0.1) is 0 Å². The highest BCUT2D eigenvalue weighted by molar-refractivity contribution is 5.47. The van der Waals surface area contributed by atoms with E-state index in [1.807, 2.05) is 0 Å². The standard InChI is InChI=1S/C8H14NO/c10-7-9-8-5-3-1-2-4-6-8/h8H,1-6H2,(H,9,10). The van der Waals surface area contributed by atoms with Crippen molar-refractivity contribution in [3.05, 3.63) is 0 Å². The highest BCUT2D eigenvalue weighted by Gasteiger charge is 2.09. The Kier molecular flexibility index (Phi) is 3.27. The molecule has 0 unspecified atom stereocenters. The highest BCUT2D eigenvalue weighted by atomic mass is 16.1. The molecule has 2 nitrogen and oxygen atoms in total. The van der Waals surface area contributed by atoms with Crippen LogP contribution in [0.15, 0.2) is 0 Å². The van der Waals surface area contributed by atoms with E-state index in [9.17, 15) is 4.79 Å². The van der Waals surface area contributed by atoms with E-state index < -0.39 is 0 Å². The second-order valence-electron chi connectivity index (χ2n) is 2.93. The molecule has 1 fully saturated rings. The Morgan fingerprint density at radius 3 is 2.20 bits per heavy atom. The first-order chi connectivity index (χ1) is 4.93. The Morgan fingerprint density at radius 1 is 1.10 bits per heavy atom. The summed E-state index contributed by atoms with van der Waals surface area (Å²) in [5.41, 5.74) is 0.